The molecule has 0 aliphatic carbocycles. The fraction of sp³-hybridized carbons (Fsp3) is 0.0465. The normalized spacial score (nSPS) is 16.8. The van der Waals surface area contributed by atoms with Crippen molar-refractivity contribution in [1.29, 1.82) is 5.26 Å². The Bertz CT molecular complexity index is 2220. The molecule has 0 atom stereocenters. The van der Waals surface area contributed by atoms with Crippen molar-refractivity contribution in [2.24, 2.45) is 9.98 Å². The van der Waals surface area contributed by atoms with Crippen molar-refractivity contribution in [3.8, 4) is 22.9 Å². The van der Waals surface area contributed by atoms with Crippen LogP contribution in [0.25, 0.3) is 16.8 Å². The van der Waals surface area contributed by atoms with Gasteiger partial charge in [0.15, 0.2) is 5.76 Å². The molecule has 0 aromatic heterocycles. The van der Waals surface area contributed by atoms with E-state index in [1.54, 1.807) is 12.1 Å². The van der Waals surface area contributed by atoms with Gasteiger partial charge in [-0.15, -0.1) is 0 Å². The predicted octanol–water partition coefficient (Wildman–Crippen LogP) is 10.00. The lowest BCUT2D eigenvalue weighted by molar-refractivity contribution is 0.470. The van der Waals surface area contributed by atoms with Gasteiger partial charge in [-0.05, 0) is 83.9 Å². The number of para-hydroxylation sites is 1. The number of aliphatic imine (C=N–C) groups is 2. The molecule has 230 valence electrons. The van der Waals surface area contributed by atoms with Crippen molar-refractivity contribution < 1.29 is 4.74 Å². The number of fused-ring (bicyclic) bond motifs is 2. The van der Waals surface area contributed by atoms with Crippen LogP contribution < -0.4 is 9.64 Å². The molecule has 48 heavy (non-hydrogen) atoms. The summed E-state index contributed by atoms with van der Waals surface area (Å²) in [5, 5.41) is 9.55. The standard InChI is InChI=1S/C43H32N4O/c1-30-13-5-3-8-17-33-18-9-10-22-39(33)47(30)37-21-12-19-34(26-37)35-23-24-38-40(27-35)48-43(42(38)46-29-31-14-6-4-7-15-31)41(45-2)36-20-11-16-32(25-36)28-44/h3-16,18-27H,1-2,17,29H2/b8-3-,13-5-,43-41+,46-42?. The Morgan fingerprint density at radius 3 is 2.50 bits per heavy atom. The van der Waals surface area contributed by atoms with Gasteiger partial charge in [-0.2, -0.15) is 5.26 Å². The highest BCUT2D eigenvalue weighted by Crippen LogP contribution is 2.41. The second kappa shape index (κ2) is 13.5. The van der Waals surface area contributed by atoms with Crippen LogP contribution in [0.2, 0.25) is 0 Å². The summed E-state index contributed by atoms with van der Waals surface area (Å²) in [5.41, 5.74) is 10.7. The first-order valence-electron chi connectivity index (χ1n) is 15.8. The number of nitrogens with zero attached hydrogens (tertiary/aromatic N) is 4. The minimum atomic E-state index is 0.472. The molecule has 5 aromatic rings. The summed E-state index contributed by atoms with van der Waals surface area (Å²) in [7, 11) is 0. The van der Waals surface area contributed by atoms with E-state index in [0.717, 1.165) is 51.3 Å². The van der Waals surface area contributed by atoms with E-state index in [4.69, 9.17) is 9.73 Å². The van der Waals surface area contributed by atoms with Crippen molar-refractivity contribution in [3.63, 3.8) is 0 Å². The number of rotatable bonds is 6. The van der Waals surface area contributed by atoms with E-state index in [9.17, 15) is 5.26 Å². The molecule has 0 amide bonds. The third-order valence-corrected chi connectivity index (χ3v) is 8.40. The maximum Gasteiger partial charge on any atom is 0.179 e. The van der Waals surface area contributed by atoms with E-state index in [-0.39, 0.29) is 0 Å². The largest absolute Gasteiger partial charge is 0.452 e. The Kier molecular flexibility index (Phi) is 8.46. The summed E-state index contributed by atoms with van der Waals surface area (Å²) in [4.78, 5) is 11.6. The maximum absolute atomic E-state index is 9.55. The van der Waals surface area contributed by atoms with E-state index < -0.39 is 0 Å². The van der Waals surface area contributed by atoms with Crippen molar-refractivity contribution >= 4 is 29.5 Å². The second-order valence-electron chi connectivity index (χ2n) is 11.5. The van der Waals surface area contributed by atoms with Gasteiger partial charge in [0.2, 0.25) is 0 Å². The second-order valence-corrected chi connectivity index (χ2v) is 11.5. The van der Waals surface area contributed by atoms with Crippen molar-refractivity contribution in [1.82, 2.24) is 0 Å². The van der Waals surface area contributed by atoms with Gasteiger partial charge in [0.05, 0.1) is 18.2 Å². The summed E-state index contributed by atoms with van der Waals surface area (Å²) < 4.78 is 6.60. The van der Waals surface area contributed by atoms with Gasteiger partial charge >= 0.3 is 0 Å². The Morgan fingerprint density at radius 2 is 1.65 bits per heavy atom. The molecule has 0 bridgehead atoms. The van der Waals surface area contributed by atoms with Crippen LogP contribution in [0.1, 0.15) is 27.8 Å². The van der Waals surface area contributed by atoms with Crippen LogP contribution in [0, 0.1) is 11.3 Å². The van der Waals surface area contributed by atoms with E-state index >= 15 is 0 Å². The van der Waals surface area contributed by atoms with Crippen LogP contribution in [0.5, 0.6) is 5.75 Å². The molecule has 5 aromatic carbocycles. The molecule has 0 saturated heterocycles. The zero-order valence-corrected chi connectivity index (χ0v) is 26.4. The lowest BCUT2D eigenvalue weighted by atomic mass is 9.99. The highest BCUT2D eigenvalue weighted by molar-refractivity contribution is 6.19. The molecule has 5 heteroatoms. The number of allylic oxidation sites excluding steroid dienone is 5. The molecule has 2 aliphatic rings. The molecule has 0 radical (unpaired) electrons. The Labute approximate surface area is 281 Å². The number of hydrogen-bond acceptors (Lipinski definition) is 5. The lowest BCUT2D eigenvalue weighted by Crippen LogP contribution is -2.16. The quantitative estimate of drug-likeness (QED) is 0.178. The molecular weight excluding hydrogens is 589 g/mol. The minimum Gasteiger partial charge on any atom is -0.452 e. The van der Waals surface area contributed by atoms with Gasteiger partial charge in [0.1, 0.15) is 17.2 Å². The van der Waals surface area contributed by atoms with E-state index in [0.29, 0.717) is 35.0 Å². The molecule has 0 saturated carbocycles. The van der Waals surface area contributed by atoms with Gasteiger partial charge in [-0.25, -0.2) is 0 Å². The highest BCUT2D eigenvalue weighted by Gasteiger charge is 2.29. The molecule has 2 aliphatic heterocycles. The molecule has 0 fully saturated rings. The number of hydrogen-bond donors (Lipinski definition) is 0. The Hall–Kier alpha value is -6.51. The predicted molar refractivity (Wildman–Crippen MR) is 197 cm³/mol. The van der Waals surface area contributed by atoms with E-state index in [1.165, 1.54) is 5.56 Å². The van der Waals surface area contributed by atoms with Crippen molar-refractivity contribution in [3.05, 3.63) is 191 Å². The highest BCUT2D eigenvalue weighted by atomic mass is 16.5. The van der Waals surface area contributed by atoms with Crippen LogP contribution >= 0.6 is 0 Å². The number of anilines is 2. The van der Waals surface area contributed by atoms with E-state index in [2.05, 4.69) is 120 Å². The third-order valence-electron chi connectivity index (χ3n) is 8.40. The first-order chi connectivity index (χ1) is 23.6. The molecule has 0 spiro atoms. The lowest BCUT2D eigenvalue weighted by Gasteiger charge is -2.28. The Balaban J connectivity index is 1.31. The molecule has 0 N–H and O–H groups in total. The third kappa shape index (κ3) is 6.03. The summed E-state index contributed by atoms with van der Waals surface area (Å²) in [6.07, 6.45) is 9.14. The fourth-order valence-corrected chi connectivity index (χ4v) is 6.06. The van der Waals surface area contributed by atoms with Crippen LogP contribution in [0.4, 0.5) is 11.4 Å². The summed E-state index contributed by atoms with van der Waals surface area (Å²) in [6, 6.07) is 42.8. The van der Waals surface area contributed by atoms with Gasteiger partial charge in [-0.1, -0.05) is 104 Å². The van der Waals surface area contributed by atoms with Crippen molar-refractivity contribution in [2.45, 2.75) is 13.0 Å². The van der Waals surface area contributed by atoms with Gasteiger partial charge in [0, 0.05) is 28.2 Å². The average Bonchev–Trinajstić information content (AvgIpc) is 3.52. The summed E-state index contributed by atoms with van der Waals surface area (Å²) >= 11 is 0. The van der Waals surface area contributed by atoms with E-state index in [1.807, 2.05) is 42.5 Å². The number of nitriles is 1. The minimum absolute atomic E-state index is 0.472. The molecule has 5 nitrogen and oxygen atoms in total. The smallest absolute Gasteiger partial charge is 0.179 e. The monoisotopic (exact) mass is 620 g/mol. The van der Waals surface area contributed by atoms with Crippen LogP contribution in [-0.4, -0.2) is 12.4 Å². The SMILES string of the molecule is C=N/C(=C1/Oc2cc(-c3cccc(N4C(=C)/C=C\C=C/Cc5ccccc54)c3)ccc2C1=NCc1ccccc1)c1cccc(C#N)c1. The summed E-state index contributed by atoms with van der Waals surface area (Å²) in [5.74, 6) is 1.20. The van der Waals surface area contributed by atoms with Crippen LogP contribution in [0.3, 0.4) is 0 Å². The summed E-state index contributed by atoms with van der Waals surface area (Å²) in [6.45, 7) is 8.75. The zero-order chi connectivity index (χ0) is 32.9. The molecule has 2 heterocycles. The molecular formula is C43H32N4O. The average molecular weight is 621 g/mol. The topological polar surface area (TPSA) is 61.0 Å². The van der Waals surface area contributed by atoms with Gasteiger partial charge < -0.3 is 9.64 Å². The van der Waals surface area contributed by atoms with Gasteiger partial charge in [-0.3, -0.25) is 9.98 Å². The Morgan fingerprint density at radius 1 is 0.833 bits per heavy atom. The van der Waals surface area contributed by atoms with Gasteiger partial charge in [0.25, 0.3) is 0 Å². The maximum atomic E-state index is 9.55. The first kappa shape index (κ1) is 30.2. The molecule has 0 unspecified atom stereocenters. The fourth-order valence-electron chi connectivity index (χ4n) is 6.06. The number of ether oxygens (including phenoxy) is 1. The number of benzene rings is 5. The van der Waals surface area contributed by atoms with Crippen LogP contribution in [0.15, 0.2) is 174 Å². The zero-order valence-electron chi connectivity index (χ0n) is 26.4. The van der Waals surface area contributed by atoms with Crippen molar-refractivity contribution in [2.75, 3.05) is 4.90 Å². The molecule has 7 rings (SSSR count). The van der Waals surface area contributed by atoms with Crippen LogP contribution in [-0.2, 0) is 13.0 Å². The first-order valence-corrected chi connectivity index (χ1v) is 15.8.